The number of nitrogens with zero attached hydrogens (tertiary/aromatic N) is 1. The average Bonchev–Trinajstić information content (AvgIpc) is 2.33. The molecule has 6 heteroatoms. The number of pyridine rings is 1. The molecule has 1 fully saturated rings. The van der Waals surface area contributed by atoms with Crippen molar-refractivity contribution in [3.05, 3.63) is 23.5 Å². The number of nitrogens with one attached hydrogen (secondary N) is 2. The van der Waals surface area contributed by atoms with Gasteiger partial charge in [0.2, 0.25) is 5.91 Å². The monoisotopic (exact) mass is 257 g/mol. The van der Waals surface area contributed by atoms with E-state index in [1.807, 2.05) is 0 Å². The van der Waals surface area contributed by atoms with Crippen LogP contribution in [0.15, 0.2) is 18.5 Å². The molecule has 1 aromatic heterocycles. The van der Waals surface area contributed by atoms with Gasteiger partial charge < -0.3 is 10.6 Å². The Bertz CT molecular complexity index is 382. The zero-order chi connectivity index (χ0) is 11.4. The van der Waals surface area contributed by atoms with Crippen LogP contribution in [0, 0.1) is 0 Å². The van der Waals surface area contributed by atoms with Crippen LogP contribution in [0.2, 0.25) is 5.02 Å². The minimum atomic E-state index is -0.143. The number of rotatable bonds is 2. The van der Waals surface area contributed by atoms with E-state index in [-0.39, 0.29) is 11.9 Å². The maximum absolute atomic E-state index is 11.8. The number of thioether (sulfide) groups is 1. The number of halogens is 1. The summed E-state index contributed by atoms with van der Waals surface area (Å²) >= 11 is 7.70. The lowest BCUT2D eigenvalue weighted by Gasteiger charge is -2.22. The van der Waals surface area contributed by atoms with Gasteiger partial charge in [-0.1, -0.05) is 11.6 Å². The van der Waals surface area contributed by atoms with Gasteiger partial charge in [0.1, 0.15) is 0 Å². The van der Waals surface area contributed by atoms with E-state index in [1.165, 1.54) is 0 Å². The predicted molar refractivity (Wildman–Crippen MR) is 67.0 cm³/mol. The van der Waals surface area contributed by atoms with E-state index >= 15 is 0 Å². The van der Waals surface area contributed by atoms with Gasteiger partial charge in [-0.15, -0.1) is 0 Å². The first-order valence-electron chi connectivity index (χ1n) is 4.99. The van der Waals surface area contributed by atoms with Crippen molar-refractivity contribution >= 4 is 35.0 Å². The van der Waals surface area contributed by atoms with Gasteiger partial charge in [0.15, 0.2) is 0 Å². The summed E-state index contributed by atoms with van der Waals surface area (Å²) in [7, 11) is 0. The fraction of sp³-hybridized carbons (Fsp3) is 0.400. The first-order chi connectivity index (χ1) is 7.77. The van der Waals surface area contributed by atoms with Gasteiger partial charge in [-0.25, -0.2) is 0 Å². The summed E-state index contributed by atoms with van der Waals surface area (Å²) in [4.78, 5) is 15.8. The molecule has 1 atom stereocenters. The summed E-state index contributed by atoms with van der Waals surface area (Å²) in [5.74, 6) is 1.79. The number of carbonyl (C=O) groups excluding carboxylic acids is 1. The third-order valence-electron chi connectivity index (χ3n) is 2.26. The zero-order valence-corrected chi connectivity index (χ0v) is 10.1. The molecule has 0 aliphatic carbocycles. The number of hydrogen-bond donors (Lipinski definition) is 2. The minimum Gasteiger partial charge on any atom is -0.322 e. The Hall–Kier alpha value is -0.780. The molecular weight excluding hydrogens is 246 g/mol. The third kappa shape index (κ3) is 2.87. The standard InChI is InChI=1S/C10H12ClN3OS/c11-7-1-2-12-5-8(7)14-10(15)9-6-16-4-3-13-9/h1-2,5,9,13H,3-4,6H2,(H,14,15). The van der Waals surface area contributed by atoms with Gasteiger partial charge >= 0.3 is 0 Å². The van der Waals surface area contributed by atoms with Gasteiger partial charge in [-0.3, -0.25) is 9.78 Å². The molecule has 0 saturated carbocycles. The van der Waals surface area contributed by atoms with E-state index in [1.54, 1.807) is 30.2 Å². The van der Waals surface area contributed by atoms with E-state index in [0.29, 0.717) is 10.7 Å². The van der Waals surface area contributed by atoms with Crippen LogP contribution in [0.4, 0.5) is 5.69 Å². The van der Waals surface area contributed by atoms with Gasteiger partial charge in [-0.05, 0) is 6.07 Å². The second-order valence-corrected chi connectivity index (χ2v) is 4.98. The molecule has 2 N–H and O–H groups in total. The summed E-state index contributed by atoms with van der Waals surface area (Å²) in [6.07, 6.45) is 3.14. The fourth-order valence-corrected chi connectivity index (χ4v) is 2.51. The molecule has 1 aliphatic heterocycles. The van der Waals surface area contributed by atoms with Crippen molar-refractivity contribution in [3.8, 4) is 0 Å². The minimum absolute atomic E-state index is 0.0536. The SMILES string of the molecule is O=C(Nc1cnccc1Cl)C1CSCCN1. The van der Waals surface area contributed by atoms with Crippen LogP contribution in [0.1, 0.15) is 0 Å². The van der Waals surface area contributed by atoms with Gasteiger partial charge in [0, 0.05) is 24.2 Å². The van der Waals surface area contributed by atoms with Crippen molar-refractivity contribution in [2.24, 2.45) is 0 Å². The zero-order valence-electron chi connectivity index (χ0n) is 8.57. The summed E-state index contributed by atoms with van der Waals surface area (Å²) in [5, 5.41) is 6.44. The van der Waals surface area contributed by atoms with Crippen LogP contribution < -0.4 is 10.6 Å². The Balaban J connectivity index is 1.99. The molecule has 1 aliphatic rings. The topological polar surface area (TPSA) is 54.0 Å². The van der Waals surface area contributed by atoms with E-state index < -0.39 is 0 Å². The lowest BCUT2D eigenvalue weighted by Crippen LogP contribution is -2.46. The normalized spacial score (nSPS) is 20.4. The van der Waals surface area contributed by atoms with Crippen LogP contribution in [-0.2, 0) is 4.79 Å². The van der Waals surface area contributed by atoms with E-state index in [4.69, 9.17) is 11.6 Å². The van der Waals surface area contributed by atoms with Crippen molar-refractivity contribution in [2.45, 2.75) is 6.04 Å². The van der Waals surface area contributed by atoms with Crippen LogP contribution in [0.3, 0.4) is 0 Å². The molecule has 4 nitrogen and oxygen atoms in total. The van der Waals surface area contributed by atoms with E-state index in [9.17, 15) is 4.79 Å². The Morgan fingerprint density at radius 1 is 1.69 bits per heavy atom. The second kappa shape index (κ2) is 5.52. The molecule has 0 aromatic carbocycles. The molecule has 0 bridgehead atoms. The maximum Gasteiger partial charge on any atom is 0.242 e. The van der Waals surface area contributed by atoms with Crippen molar-refractivity contribution in [2.75, 3.05) is 23.4 Å². The second-order valence-electron chi connectivity index (χ2n) is 3.43. The van der Waals surface area contributed by atoms with Gasteiger partial charge in [0.25, 0.3) is 0 Å². The number of anilines is 1. The van der Waals surface area contributed by atoms with Gasteiger partial charge in [0.05, 0.1) is 22.9 Å². The van der Waals surface area contributed by atoms with Crippen molar-refractivity contribution in [1.29, 1.82) is 0 Å². The number of amides is 1. The lowest BCUT2D eigenvalue weighted by molar-refractivity contribution is -0.117. The van der Waals surface area contributed by atoms with Crippen molar-refractivity contribution < 1.29 is 4.79 Å². The summed E-state index contributed by atoms with van der Waals surface area (Å²) in [6, 6.07) is 1.51. The fourth-order valence-electron chi connectivity index (χ4n) is 1.42. The summed E-state index contributed by atoms with van der Waals surface area (Å²) in [6.45, 7) is 0.865. The highest BCUT2D eigenvalue weighted by Gasteiger charge is 2.21. The Morgan fingerprint density at radius 2 is 2.56 bits per heavy atom. The average molecular weight is 258 g/mol. The molecule has 1 aromatic rings. The highest BCUT2D eigenvalue weighted by molar-refractivity contribution is 7.99. The maximum atomic E-state index is 11.8. The molecule has 0 radical (unpaired) electrons. The Labute approximate surface area is 103 Å². The molecule has 2 rings (SSSR count). The molecular formula is C10H12ClN3OS. The largest absolute Gasteiger partial charge is 0.322 e. The van der Waals surface area contributed by atoms with Crippen LogP contribution in [-0.4, -0.2) is 35.0 Å². The Morgan fingerprint density at radius 3 is 3.25 bits per heavy atom. The first kappa shape index (κ1) is 11.7. The van der Waals surface area contributed by atoms with E-state index in [2.05, 4.69) is 15.6 Å². The highest BCUT2D eigenvalue weighted by atomic mass is 35.5. The van der Waals surface area contributed by atoms with Crippen molar-refractivity contribution in [3.63, 3.8) is 0 Å². The number of aromatic nitrogens is 1. The summed E-state index contributed by atoms with van der Waals surface area (Å²) in [5.41, 5.74) is 0.562. The summed E-state index contributed by atoms with van der Waals surface area (Å²) < 4.78 is 0. The van der Waals surface area contributed by atoms with Crippen molar-refractivity contribution in [1.82, 2.24) is 10.3 Å². The molecule has 16 heavy (non-hydrogen) atoms. The number of carbonyl (C=O) groups is 1. The Kier molecular flexibility index (Phi) is 4.04. The first-order valence-corrected chi connectivity index (χ1v) is 6.52. The van der Waals surface area contributed by atoms with E-state index in [0.717, 1.165) is 18.1 Å². The third-order valence-corrected chi connectivity index (χ3v) is 3.66. The molecule has 1 unspecified atom stereocenters. The smallest absolute Gasteiger partial charge is 0.242 e. The molecule has 1 amide bonds. The van der Waals surface area contributed by atoms with Gasteiger partial charge in [-0.2, -0.15) is 11.8 Å². The highest BCUT2D eigenvalue weighted by Crippen LogP contribution is 2.19. The quantitative estimate of drug-likeness (QED) is 0.841. The molecule has 86 valence electrons. The van der Waals surface area contributed by atoms with Crippen LogP contribution in [0.5, 0.6) is 0 Å². The predicted octanol–water partition coefficient (Wildman–Crippen LogP) is 1.38. The molecule has 1 saturated heterocycles. The number of hydrogen-bond acceptors (Lipinski definition) is 4. The van der Waals surface area contributed by atoms with Crippen LogP contribution >= 0.6 is 23.4 Å². The molecule has 2 heterocycles. The lowest BCUT2D eigenvalue weighted by atomic mass is 10.3. The molecule has 0 spiro atoms. The van der Waals surface area contributed by atoms with Crippen LogP contribution in [0.25, 0.3) is 0 Å².